The van der Waals surface area contributed by atoms with E-state index in [0.29, 0.717) is 0 Å². The largest absolute Gasteiger partial charge is 0.422 e. The van der Waals surface area contributed by atoms with Crippen LogP contribution in [0.2, 0.25) is 0 Å². The standard InChI is InChI=1S/C10H5Br2F7/c11-2-3(12)1-4-6(13)8(15)5(10(17,18)19)9(16)7(4)14/h3H,1-2H2/t3-/m1/s1. The van der Waals surface area contributed by atoms with Gasteiger partial charge in [0.15, 0.2) is 23.3 Å². The zero-order valence-corrected chi connectivity index (χ0v) is 12.1. The molecular weight excluding hydrogens is 413 g/mol. The smallest absolute Gasteiger partial charge is 0.203 e. The van der Waals surface area contributed by atoms with E-state index in [1.165, 1.54) is 0 Å². The van der Waals surface area contributed by atoms with Gasteiger partial charge < -0.3 is 0 Å². The van der Waals surface area contributed by atoms with Crippen molar-refractivity contribution in [2.24, 2.45) is 0 Å². The van der Waals surface area contributed by atoms with Crippen molar-refractivity contribution in [1.29, 1.82) is 0 Å². The molecule has 0 aliphatic heterocycles. The van der Waals surface area contributed by atoms with Crippen LogP contribution in [0, 0.1) is 23.3 Å². The summed E-state index contributed by atoms with van der Waals surface area (Å²) in [7, 11) is 0. The molecule has 0 heterocycles. The lowest BCUT2D eigenvalue weighted by Crippen LogP contribution is -2.18. The van der Waals surface area contributed by atoms with Gasteiger partial charge in [-0.25, -0.2) is 17.6 Å². The zero-order chi connectivity index (χ0) is 15.0. The van der Waals surface area contributed by atoms with E-state index in [-0.39, 0.29) is 5.33 Å². The summed E-state index contributed by atoms with van der Waals surface area (Å²) in [6.45, 7) is 0. The molecule has 1 rings (SSSR count). The molecule has 9 heteroatoms. The van der Waals surface area contributed by atoms with Gasteiger partial charge >= 0.3 is 6.18 Å². The minimum atomic E-state index is -5.52. The quantitative estimate of drug-likeness (QED) is 0.370. The Balaban J connectivity index is 3.48. The van der Waals surface area contributed by atoms with E-state index in [1.807, 2.05) is 0 Å². The first kappa shape index (κ1) is 16.7. The highest BCUT2D eigenvalue weighted by Gasteiger charge is 2.42. The molecule has 0 fully saturated rings. The third-order valence-corrected chi connectivity index (χ3v) is 4.53. The summed E-state index contributed by atoms with van der Waals surface area (Å²) in [5.41, 5.74) is -3.62. The number of hydrogen-bond donors (Lipinski definition) is 0. The number of benzene rings is 1. The maximum atomic E-state index is 13.4. The summed E-state index contributed by atoms with van der Waals surface area (Å²) >= 11 is 5.89. The van der Waals surface area contributed by atoms with Crippen molar-refractivity contribution in [3.05, 3.63) is 34.4 Å². The molecule has 108 valence electrons. The molecule has 1 aromatic rings. The molecule has 0 saturated carbocycles. The van der Waals surface area contributed by atoms with Gasteiger partial charge in [0.2, 0.25) is 0 Å². The molecule has 0 bridgehead atoms. The molecule has 0 aliphatic carbocycles. The average molecular weight is 418 g/mol. The SMILES string of the molecule is Fc1c(F)c(C(F)(F)F)c(F)c(F)c1C[C@@H](Br)CBr. The van der Waals surface area contributed by atoms with E-state index in [1.54, 1.807) is 0 Å². The Bertz CT molecular complexity index is 455. The first-order valence-corrected chi connectivity index (χ1v) is 6.77. The van der Waals surface area contributed by atoms with Crippen LogP contribution in [0.25, 0.3) is 0 Å². The lowest BCUT2D eigenvalue weighted by atomic mass is 10.0. The van der Waals surface area contributed by atoms with Gasteiger partial charge in [-0.05, 0) is 6.42 Å². The van der Waals surface area contributed by atoms with Gasteiger partial charge in [-0.15, -0.1) is 0 Å². The second-order valence-electron chi connectivity index (χ2n) is 3.56. The van der Waals surface area contributed by atoms with Gasteiger partial charge in [-0.1, -0.05) is 31.9 Å². The Morgan fingerprint density at radius 3 is 1.63 bits per heavy atom. The highest BCUT2D eigenvalue weighted by molar-refractivity contribution is 9.12. The van der Waals surface area contributed by atoms with E-state index < -0.39 is 51.8 Å². The van der Waals surface area contributed by atoms with Crippen molar-refractivity contribution in [1.82, 2.24) is 0 Å². The fraction of sp³-hybridized carbons (Fsp3) is 0.400. The second kappa shape index (κ2) is 5.99. The van der Waals surface area contributed by atoms with E-state index in [4.69, 9.17) is 0 Å². The summed E-state index contributed by atoms with van der Waals surface area (Å²) < 4.78 is 90.2. The Morgan fingerprint density at radius 1 is 0.895 bits per heavy atom. The number of rotatable bonds is 3. The fourth-order valence-corrected chi connectivity index (χ4v) is 1.93. The maximum Gasteiger partial charge on any atom is 0.422 e. The summed E-state index contributed by atoms with van der Waals surface area (Å²) in [4.78, 5) is -0.591. The first-order valence-electron chi connectivity index (χ1n) is 4.73. The van der Waals surface area contributed by atoms with Crippen LogP contribution in [-0.2, 0) is 12.6 Å². The minimum Gasteiger partial charge on any atom is -0.203 e. The van der Waals surface area contributed by atoms with Gasteiger partial charge in [-0.2, -0.15) is 13.2 Å². The number of hydrogen-bond acceptors (Lipinski definition) is 0. The van der Waals surface area contributed by atoms with Crippen LogP contribution in [-0.4, -0.2) is 10.2 Å². The van der Waals surface area contributed by atoms with Crippen LogP contribution < -0.4 is 0 Å². The minimum absolute atomic E-state index is 0.191. The summed E-state index contributed by atoms with van der Waals surface area (Å²) in [5, 5.41) is 0.191. The molecule has 1 atom stereocenters. The van der Waals surface area contributed by atoms with Crippen LogP contribution in [0.3, 0.4) is 0 Å². The molecule has 0 saturated heterocycles. The van der Waals surface area contributed by atoms with Crippen molar-refractivity contribution < 1.29 is 30.7 Å². The molecule has 0 radical (unpaired) electrons. The molecule has 0 amide bonds. The highest BCUT2D eigenvalue weighted by Crippen LogP contribution is 2.37. The number of alkyl halides is 5. The number of halogens is 9. The summed E-state index contributed by atoms with van der Waals surface area (Å²) in [6, 6.07) is 0. The first-order chi connectivity index (χ1) is 8.61. The molecule has 0 nitrogen and oxygen atoms in total. The fourth-order valence-electron chi connectivity index (χ4n) is 1.38. The maximum absolute atomic E-state index is 13.4. The van der Waals surface area contributed by atoms with Gasteiger partial charge in [-0.3, -0.25) is 0 Å². The van der Waals surface area contributed by atoms with E-state index in [0.717, 1.165) is 0 Å². The van der Waals surface area contributed by atoms with Crippen LogP contribution in [0.15, 0.2) is 0 Å². The molecule has 0 unspecified atom stereocenters. The molecule has 0 N–H and O–H groups in total. The lowest BCUT2D eigenvalue weighted by molar-refractivity contribution is -0.143. The molecule has 19 heavy (non-hydrogen) atoms. The van der Waals surface area contributed by atoms with Gasteiger partial charge in [0, 0.05) is 15.7 Å². The average Bonchev–Trinajstić information content (AvgIpc) is 2.30. The lowest BCUT2D eigenvalue weighted by Gasteiger charge is -2.15. The van der Waals surface area contributed by atoms with Crippen molar-refractivity contribution in [2.75, 3.05) is 5.33 Å². The van der Waals surface area contributed by atoms with Crippen LogP contribution in [0.1, 0.15) is 11.1 Å². The Morgan fingerprint density at radius 2 is 1.32 bits per heavy atom. The summed E-state index contributed by atoms with van der Waals surface area (Å²) in [6.07, 6.45) is -6.02. The molecule has 1 aromatic carbocycles. The van der Waals surface area contributed by atoms with Crippen molar-refractivity contribution in [3.63, 3.8) is 0 Å². The zero-order valence-electron chi connectivity index (χ0n) is 8.89. The molecular formula is C10H5Br2F7. The van der Waals surface area contributed by atoms with Crippen molar-refractivity contribution in [3.8, 4) is 0 Å². The van der Waals surface area contributed by atoms with Gasteiger partial charge in [0.1, 0.15) is 5.56 Å². The van der Waals surface area contributed by atoms with Gasteiger partial charge in [0.25, 0.3) is 0 Å². The predicted octanol–water partition coefficient (Wildman–Crippen LogP) is 4.96. The van der Waals surface area contributed by atoms with Crippen molar-refractivity contribution >= 4 is 31.9 Å². The van der Waals surface area contributed by atoms with E-state index in [9.17, 15) is 30.7 Å². The highest BCUT2D eigenvalue weighted by atomic mass is 79.9. The Kier molecular flexibility index (Phi) is 5.28. The topological polar surface area (TPSA) is 0 Å². The van der Waals surface area contributed by atoms with Crippen molar-refractivity contribution in [2.45, 2.75) is 17.4 Å². The molecule has 0 aromatic heterocycles. The Hall–Kier alpha value is -0.310. The second-order valence-corrected chi connectivity index (χ2v) is 5.51. The van der Waals surface area contributed by atoms with Crippen LogP contribution >= 0.6 is 31.9 Å². The molecule has 0 spiro atoms. The Labute approximate surface area is 120 Å². The van der Waals surface area contributed by atoms with Gasteiger partial charge in [0.05, 0.1) is 0 Å². The summed E-state index contributed by atoms with van der Waals surface area (Å²) in [5.74, 6) is -8.93. The van der Waals surface area contributed by atoms with E-state index >= 15 is 0 Å². The third kappa shape index (κ3) is 3.42. The van der Waals surface area contributed by atoms with Crippen LogP contribution in [0.5, 0.6) is 0 Å². The van der Waals surface area contributed by atoms with E-state index in [2.05, 4.69) is 31.9 Å². The van der Waals surface area contributed by atoms with Crippen LogP contribution in [0.4, 0.5) is 30.7 Å². The molecule has 0 aliphatic rings. The monoisotopic (exact) mass is 416 g/mol. The normalized spacial score (nSPS) is 13.7. The predicted molar refractivity (Wildman–Crippen MR) is 61.5 cm³/mol. The third-order valence-electron chi connectivity index (χ3n) is 2.23.